The second-order valence-electron chi connectivity index (χ2n) is 4.41. The number of hydrogen-bond acceptors (Lipinski definition) is 2. The zero-order valence-corrected chi connectivity index (χ0v) is 11.3. The predicted molar refractivity (Wildman–Crippen MR) is 73.3 cm³/mol. The van der Waals surface area contributed by atoms with E-state index in [0.29, 0.717) is 6.04 Å². The maximum absolute atomic E-state index is 5.71. The lowest BCUT2D eigenvalue weighted by Gasteiger charge is -2.25. The van der Waals surface area contributed by atoms with Gasteiger partial charge >= 0.3 is 0 Å². The van der Waals surface area contributed by atoms with Crippen LogP contribution in [0.4, 0.5) is 0 Å². The summed E-state index contributed by atoms with van der Waals surface area (Å²) in [6.07, 6.45) is 2.44. The van der Waals surface area contributed by atoms with Crippen molar-refractivity contribution in [1.82, 2.24) is 5.32 Å². The molecular formula is C15H25NO. The van der Waals surface area contributed by atoms with Gasteiger partial charge in [-0.3, -0.25) is 0 Å². The third-order valence-corrected chi connectivity index (χ3v) is 2.95. The highest BCUT2D eigenvalue weighted by Crippen LogP contribution is 2.08. The Morgan fingerprint density at radius 2 is 1.88 bits per heavy atom. The van der Waals surface area contributed by atoms with Crippen LogP contribution in [0.15, 0.2) is 30.3 Å². The van der Waals surface area contributed by atoms with Gasteiger partial charge in [-0.25, -0.2) is 0 Å². The molecule has 17 heavy (non-hydrogen) atoms. The Balaban J connectivity index is 2.56. The summed E-state index contributed by atoms with van der Waals surface area (Å²) >= 11 is 0. The van der Waals surface area contributed by atoms with Crippen molar-refractivity contribution in [3.05, 3.63) is 35.9 Å². The fourth-order valence-electron chi connectivity index (χ4n) is 1.98. The molecule has 0 heterocycles. The van der Waals surface area contributed by atoms with E-state index in [0.717, 1.165) is 26.0 Å². The smallest absolute Gasteiger partial charge is 0.0703 e. The molecule has 1 aromatic rings. The quantitative estimate of drug-likeness (QED) is 0.748. The van der Waals surface area contributed by atoms with Gasteiger partial charge in [0.15, 0.2) is 0 Å². The molecule has 0 aliphatic heterocycles. The van der Waals surface area contributed by atoms with Crippen molar-refractivity contribution < 1.29 is 4.74 Å². The first-order valence-corrected chi connectivity index (χ1v) is 6.66. The van der Waals surface area contributed by atoms with E-state index in [2.05, 4.69) is 56.4 Å². The molecule has 1 rings (SSSR count). The van der Waals surface area contributed by atoms with Crippen LogP contribution >= 0.6 is 0 Å². The highest BCUT2D eigenvalue weighted by molar-refractivity contribution is 5.16. The number of nitrogens with one attached hydrogen (secondary N) is 1. The molecule has 2 atom stereocenters. The Kier molecular flexibility index (Phi) is 6.90. The van der Waals surface area contributed by atoms with Gasteiger partial charge < -0.3 is 10.1 Å². The van der Waals surface area contributed by atoms with E-state index >= 15 is 0 Å². The molecule has 0 fully saturated rings. The van der Waals surface area contributed by atoms with Crippen LogP contribution < -0.4 is 5.32 Å². The van der Waals surface area contributed by atoms with Gasteiger partial charge in [0, 0.05) is 12.6 Å². The molecule has 96 valence electrons. The van der Waals surface area contributed by atoms with E-state index in [4.69, 9.17) is 4.74 Å². The molecule has 0 spiro atoms. The van der Waals surface area contributed by atoms with Crippen LogP contribution in [0.1, 0.15) is 32.8 Å². The summed E-state index contributed by atoms with van der Waals surface area (Å²) in [5, 5.41) is 3.58. The Morgan fingerprint density at radius 3 is 2.47 bits per heavy atom. The van der Waals surface area contributed by atoms with Crippen LogP contribution in [-0.4, -0.2) is 25.3 Å². The molecule has 0 saturated heterocycles. The fourth-order valence-corrected chi connectivity index (χ4v) is 1.98. The van der Waals surface area contributed by atoms with Crippen LogP contribution in [0.25, 0.3) is 0 Å². The fraction of sp³-hybridized carbons (Fsp3) is 0.600. The first-order chi connectivity index (χ1) is 8.27. The molecule has 0 aliphatic rings. The maximum Gasteiger partial charge on any atom is 0.0703 e. The van der Waals surface area contributed by atoms with Gasteiger partial charge in [0.25, 0.3) is 0 Å². The summed E-state index contributed by atoms with van der Waals surface area (Å²) in [5.74, 6) is 0. The van der Waals surface area contributed by atoms with E-state index in [-0.39, 0.29) is 6.10 Å². The Hall–Kier alpha value is -0.860. The third kappa shape index (κ3) is 5.33. The monoisotopic (exact) mass is 235 g/mol. The Morgan fingerprint density at radius 1 is 1.18 bits per heavy atom. The van der Waals surface area contributed by atoms with Crippen LogP contribution in [0.3, 0.4) is 0 Å². The Bertz CT molecular complexity index is 286. The minimum absolute atomic E-state index is 0.256. The number of ether oxygens (including phenoxy) is 1. The molecule has 0 bridgehead atoms. The van der Waals surface area contributed by atoms with Gasteiger partial charge in [0.1, 0.15) is 0 Å². The van der Waals surface area contributed by atoms with E-state index in [1.165, 1.54) is 5.56 Å². The molecule has 0 saturated carbocycles. The lowest BCUT2D eigenvalue weighted by molar-refractivity contribution is 0.0476. The van der Waals surface area contributed by atoms with Crippen LogP contribution in [-0.2, 0) is 11.2 Å². The normalized spacial score (nSPS) is 14.5. The van der Waals surface area contributed by atoms with Gasteiger partial charge in [0.2, 0.25) is 0 Å². The van der Waals surface area contributed by atoms with Crippen molar-refractivity contribution in [3.8, 4) is 0 Å². The first-order valence-electron chi connectivity index (χ1n) is 6.66. The average molecular weight is 235 g/mol. The first kappa shape index (κ1) is 14.2. The predicted octanol–water partition coefficient (Wildman–Crippen LogP) is 3.02. The highest BCUT2D eigenvalue weighted by Gasteiger charge is 2.16. The third-order valence-electron chi connectivity index (χ3n) is 2.95. The molecule has 2 unspecified atom stereocenters. The number of hydrogen-bond donors (Lipinski definition) is 1. The van der Waals surface area contributed by atoms with Gasteiger partial charge in [-0.2, -0.15) is 0 Å². The molecule has 0 aliphatic carbocycles. The second-order valence-corrected chi connectivity index (χ2v) is 4.41. The number of benzene rings is 1. The summed E-state index contributed by atoms with van der Waals surface area (Å²) < 4.78 is 5.71. The average Bonchev–Trinajstić information content (AvgIpc) is 2.36. The van der Waals surface area contributed by atoms with Crippen molar-refractivity contribution in [1.29, 1.82) is 0 Å². The molecule has 2 nitrogen and oxygen atoms in total. The summed E-state index contributed by atoms with van der Waals surface area (Å²) in [4.78, 5) is 0. The second kappa shape index (κ2) is 8.26. The van der Waals surface area contributed by atoms with E-state index in [1.807, 2.05) is 0 Å². The molecule has 0 amide bonds. The molecule has 0 radical (unpaired) electrons. The minimum Gasteiger partial charge on any atom is -0.377 e. The van der Waals surface area contributed by atoms with E-state index < -0.39 is 0 Å². The van der Waals surface area contributed by atoms with Crippen molar-refractivity contribution in [2.75, 3.05) is 13.2 Å². The van der Waals surface area contributed by atoms with Crippen molar-refractivity contribution in [3.63, 3.8) is 0 Å². The van der Waals surface area contributed by atoms with Crippen molar-refractivity contribution in [2.45, 2.75) is 45.8 Å². The van der Waals surface area contributed by atoms with Crippen LogP contribution in [0, 0.1) is 0 Å². The van der Waals surface area contributed by atoms with Gasteiger partial charge in [-0.1, -0.05) is 37.3 Å². The SMILES string of the molecule is CCCNC(Cc1ccccc1)C(C)OCC. The maximum atomic E-state index is 5.71. The van der Waals surface area contributed by atoms with Crippen molar-refractivity contribution in [2.24, 2.45) is 0 Å². The molecular weight excluding hydrogens is 210 g/mol. The van der Waals surface area contributed by atoms with Gasteiger partial charge in [-0.05, 0) is 38.8 Å². The lowest BCUT2D eigenvalue weighted by atomic mass is 10.0. The summed E-state index contributed by atoms with van der Waals surface area (Å²) in [6, 6.07) is 11.0. The van der Waals surface area contributed by atoms with Gasteiger partial charge in [-0.15, -0.1) is 0 Å². The highest BCUT2D eigenvalue weighted by atomic mass is 16.5. The number of rotatable bonds is 8. The standard InChI is InChI=1S/C15H25NO/c1-4-11-16-15(13(3)17-5-2)12-14-9-7-6-8-10-14/h6-10,13,15-16H,4-5,11-12H2,1-3H3. The topological polar surface area (TPSA) is 21.3 Å². The van der Waals surface area contributed by atoms with Crippen LogP contribution in [0.5, 0.6) is 0 Å². The largest absolute Gasteiger partial charge is 0.377 e. The lowest BCUT2D eigenvalue weighted by Crippen LogP contribution is -2.41. The molecule has 2 heteroatoms. The van der Waals surface area contributed by atoms with Gasteiger partial charge in [0.05, 0.1) is 6.10 Å². The van der Waals surface area contributed by atoms with E-state index in [1.54, 1.807) is 0 Å². The molecule has 0 aromatic heterocycles. The van der Waals surface area contributed by atoms with E-state index in [9.17, 15) is 0 Å². The molecule has 1 N–H and O–H groups in total. The zero-order chi connectivity index (χ0) is 12.5. The van der Waals surface area contributed by atoms with Crippen LogP contribution in [0.2, 0.25) is 0 Å². The zero-order valence-electron chi connectivity index (χ0n) is 11.3. The summed E-state index contributed by atoms with van der Waals surface area (Å²) in [7, 11) is 0. The Labute approximate surface area is 105 Å². The minimum atomic E-state index is 0.256. The molecule has 1 aromatic carbocycles. The summed E-state index contributed by atoms with van der Waals surface area (Å²) in [6.45, 7) is 8.22. The summed E-state index contributed by atoms with van der Waals surface area (Å²) in [5.41, 5.74) is 1.37. The van der Waals surface area contributed by atoms with Crippen molar-refractivity contribution >= 4 is 0 Å².